The molecule has 4 nitrogen and oxygen atoms in total. The maximum atomic E-state index is 13.0. The SMILES string of the molecule is COc1ccc(F)cc1CNC/C=C/C(=O)O. The first-order valence-corrected chi connectivity index (χ1v) is 5.06. The van der Waals surface area contributed by atoms with Crippen molar-refractivity contribution in [3.63, 3.8) is 0 Å². The van der Waals surface area contributed by atoms with Gasteiger partial charge in [-0.2, -0.15) is 0 Å². The molecule has 0 bridgehead atoms. The summed E-state index contributed by atoms with van der Waals surface area (Å²) in [5, 5.41) is 11.3. The van der Waals surface area contributed by atoms with Crippen molar-refractivity contribution < 1.29 is 19.0 Å². The third-order valence-corrected chi connectivity index (χ3v) is 2.08. The van der Waals surface area contributed by atoms with Gasteiger partial charge in [0.2, 0.25) is 0 Å². The molecule has 1 aromatic rings. The maximum Gasteiger partial charge on any atom is 0.328 e. The summed E-state index contributed by atoms with van der Waals surface area (Å²) in [7, 11) is 1.51. The molecule has 0 saturated carbocycles. The van der Waals surface area contributed by atoms with Crippen LogP contribution in [-0.2, 0) is 11.3 Å². The number of aliphatic carboxylic acids is 1. The van der Waals surface area contributed by atoms with E-state index in [0.29, 0.717) is 24.4 Å². The summed E-state index contributed by atoms with van der Waals surface area (Å²) in [6, 6.07) is 4.26. The number of hydrogen-bond acceptors (Lipinski definition) is 3. The fourth-order valence-electron chi connectivity index (χ4n) is 1.34. The van der Waals surface area contributed by atoms with Crippen molar-refractivity contribution in [1.82, 2.24) is 5.32 Å². The number of carbonyl (C=O) groups is 1. The van der Waals surface area contributed by atoms with E-state index in [0.717, 1.165) is 6.08 Å². The van der Waals surface area contributed by atoms with Crippen LogP contribution >= 0.6 is 0 Å². The summed E-state index contributed by atoms with van der Waals surface area (Å²) in [6.07, 6.45) is 2.53. The molecule has 0 saturated heterocycles. The Morgan fingerprint density at radius 3 is 3.00 bits per heavy atom. The van der Waals surface area contributed by atoms with Crippen LogP contribution in [0.3, 0.4) is 0 Å². The number of nitrogens with one attached hydrogen (secondary N) is 1. The van der Waals surface area contributed by atoms with Crippen molar-refractivity contribution in [1.29, 1.82) is 0 Å². The van der Waals surface area contributed by atoms with Gasteiger partial charge in [0.05, 0.1) is 7.11 Å². The van der Waals surface area contributed by atoms with E-state index in [1.165, 1.54) is 25.3 Å². The third-order valence-electron chi connectivity index (χ3n) is 2.08. The van der Waals surface area contributed by atoms with Gasteiger partial charge in [0, 0.05) is 24.7 Å². The minimum atomic E-state index is -0.991. The second-order valence-electron chi connectivity index (χ2n) is 3.33. The molecular weight excluding hydrogens is 225 g/mol. The summed E-state index contributed by atoms with van der Waals surface area (Å²) in [5.41, 5.74) is 0.691. The van der Waals surface area contributed by atoms with Gasteiger partial charge in [-0.3, -0.25) is 0 Å². The van der Waals surface area contributed by atoms with Gasteiger partial charge in [-0.1, -0.05) is 6.08 Å². The number of rotatable bonds is 6. The van der Waals surface area contributed by atoms with Crippen LogP contribution in [0.1, 0.15) is 5.56 Å². The van der Waals surface area contributed by atoms with E-state index in [9.17, 15) is 9.18 Å². The summed E-state index contributed by atoms with van der Waals surface area (Å²) in [6.45, 7) is 0.802. The Morgan fingerprint density at radius 1 is 1.59 bits per heavy atom. The first-order chi connectivity index (χ1) is 8.13. The fourth-order valence-corrected chi connectivity index (χ4v) is 1.34. The van der Waals surface area contributed by atoms with Gasteiger partial charge < -0.3 is 15.2 Å². The molecule has 17 heavy (non-hydrogen) atoms. The molecule has 0 aliphatic carbocycles. The van der Waals surface area contributed by atoms with Crippen LogP contribution in [0.4, 0.5) is 4.39 Å². The van der Waals surface area contributed by atoms with Crippen LogP contribution in [-0.4, -0.2) is 24.7 Å². The highest BCUT2D eigenvalue weighted by Crippen LogP contribution is 2.18. The number of benzene rings is 1. The lowest BCUT2D eigenvalue weighted by Crippen LogP contribution is -2.14. The first kappa shape index (κ1) is 13.2. The van der Waals surface area contributed by atoms with Crippen LogP contribution in [0, 0.1) is 5.82 Å². The van der Waals surface area contributed by atoms with Crippen LogP contribution in [0.25, 0.3) is 0 Å². The van der Waals surface area contributed by atoms with Crippen molar-refractivity contribution >= 4 is 5.97 Å². The van der Waals surface area contributed by atoms with E-state index >= 15 is 0 Å². The molecule has 0 unspecified atom stereocenters. The van der Waals surface area contributed by atoms with E-state index in [4.69, 9.17) is 9.84 Å². The molecule has 0 atom stereocenters. The number of hydrogen-bond donors (Lipinski definition) is 2. The molecule has 0 aromatic heterocycles. The maximum absolute atomic E-state index is 13.0. The molecule has 0 radical (unpaired) electrons. The van der Waals surface area contributed by atoms with Crippen molar-refractivity contribution in [2.24, 2.45) is 0 Å². The number of carboxylic acid groups (broad SMARTS) is 1. The second-order valence-corrected chi connectivity index (χ2v) is 3.33. The molecule has 2 N–H and O–H groups in total. The Kier molecular flexibility index (Phi) is 5.16. The Labute approximate surface area is 98.7 Å². The molecule has 1 aromatic carbocycles. The summed E-state index contributed by atoms with van der Waals surface area (Å²) in [5.74, 6) is -0.722. The van der Waals surface area contributed by atoms with Crippen molar-refractivity contribution in [3.05, 3.63) is 41.7 Å². The Hall–Kier alpha value is -1.88. The van der Waals surface area contributed by atoms with Crippen molar-refractivity contribution in [2.75, 3.05) is 13.7 Å². The highest BCUT2D eigenvalue weighted by molar-refractivity contribution is 5.79. The fraction of sp³-hybridized carbons (Fsp3) is 0.250. The monoisotopic (exact) mass is 239 g/mol. The van der Waals surface area contributed by atoms with E-state index < -0.39 is 5.97 Å². The Balaban J connectivity index is 2.51. The lowest BCUT2D eigenvalue weighted by molar-refractivity contribution is -0.131. The molecule has 0 aliphatic rings. The smallest absolute Gasteiger partial charge is 0.328 e. The topological polar surface area (TPSA) is 58.6 Å². The summed E-state index contributed by atoms with van der Waals surface area (Å²) < 4.78 is 18.1. The second kappa shape index (κ2) is 6.65. The van der Waals surface area contributed by atoms with Gasteiger partial charge in [-0.15, -0.1) is 0 Å². The van der Waals surface area contributed by atoms with Crippen molar-refractivity contribution in [3.8, 4) is 5.75 Å². The number of ether oxygens (including phenoxy) is 1. The van der Waals surface area contributed by atoms with Gasteiger partial charge >= 0.3 is 5.97 Å². The zero-order valence-electron chi connectivity index (χ0n) is 9.44. The molecule has 0 spiro atoms. The highest BCUT2D eigenvalue weighted by atomic mass is 19.1. The van der Waals surface area contributed by atoms with Crippen LogP contribution in [0.15, 0.2) is 30.4 Å². The molecule has 0 heterocycles. The van der Waals surface area contributed by atoms with E-state index in [2.05, 4.69) is 5.32 Å². The normalized spacial score (nSPS) is 10.7. The summed E-state index contributed by atoms with van der Waals surface area (Å²) in [4.78, 5) is 10.2. The van der Waals surface area contributed by atoms with Crippen molar-refractivity contribution in [2.45, 2.75) is 6.54 Å². The van der Waals surface area contributed by atoms with E-state index in [1.807, 2.05) is 0 Å². The van der Waals surface area contributed by atoms with Gasteiger partial charge in [0.25, 0.3) is 0 Å². The van der Waals surface area contributed by atoms with E-state index in [-0.39, 0.29) is 5.82 Å². The van der Waals surface area contributed by atoms with Crippen LogP contribution in [0.2, 0.25) is 0 Å². The number of halogens is 1. The van der Waals surface area contributed by atoms with Crippen LogP contribution in [0.5, 0.6) is 5.75 Å². The van der Waals surface area contributed by atoms with Gasteiger partial charge in [0.1, 0.15) is 11.6 Å². The zero-order valence-corrected chi connectivity index (χ0v) is 9.44. The number of carboxylic acids is 1. The van der Waals surface area contributed by atoms with Crippen LogP contribution < -0.4 is 10.1 Å². The first-order valence-electron chi connectivity index (χ1n) is 5.06. The molecule has 0 amide bonds. The summed E-state index contributed by atoms with van der Waals surface area (Å²) >= 11 is 0. The lowest BCUT2D eigenvalue weighted by Gasteiger charge is -2.08. The average Bonchev–Trinajstić information content (AvgIpc) is 2.28. The zero-order chi connectivity index (χ0) is 12.7. The van der Waals surface area contributed by atoms with Gasteiger partial charge in [-0.25, -0.2) is 9.18 Å². The quantitative estimate of drug-likeness (QED) is 0.584. The average molecular weight is 239 g/mol. The highest BCUT2D eigenvalue weighted by Gasteiger charge is 2.03. The molecule has 0 aliphatic heterocycles. The molecule has 1 rings (SSSR count). The Bertz CT molecular complexity index is 418. The van der Waals surface area contributed by atoms with E-state index in [1.54, 1.807) is 6.07 Å². The minimum absolute atomic E-state index is 0.330. The van der Waals surface area contributed by atoms with Gasteiger partial charge in [0.15, 0.2) is 0 Å². The van der Waals surface area contributed by atoms with Gasteiger partial charge in [-0.05, 0) is 18.2 Å². The Morgan fingerprint density at radius 2 is 2.35 bits per heavy atom. The largest absolute Gasteiger partial charge is 0.496 e. The molecule has 0 fully saturated rings. The third kappa shape index (κ3) is 4.65. The molecule has 92 valence electrons. The predicted molar refractivity (Wildman–Crippen MR) is 61.4 cm³/mol. The lowest BCUT2D eigenvalue weighted by atomic mass is 10.2. The standard InChI is InChI=1S/C12H14FNO3/c1-17-11-5-4-10(13)7-9(11)8-14-6-2-3-12(15)16/h2-5,7,14H,6,8H2,1H3,(H,15,16)/b3-2+. The minimum Gasteiger partial charge on any atom is -0.496 e. The predicted octanol–water partition coefficient (Wildman–Crippen LogP) is 1.56. The number of methoxy groups -OCH3 is 1. The molecule has 5 heteroatoms. The molecular formula is C12H14FNO3.